The van der Waals surface area contributed by atoms with Crippen LogP contribution in [0.1, 0.15) is 29.2 Å². The van der Waals surface area contributed by atoms with Crippen molar-refractivity contribution in [1.82, 2.24) is 0 Å². The Bertz CT molecular complexity index is 393. The van der Waals surface area contributed by atoms with E-state index in [9.17, 15) is 0 Å². The molecule has 0 bridgehead atoms. The third kappa shape index (κ3) is 1.34. The largest absolute Gasteiger partial charge is 0.324 e. The van der Waals surface area contributed by atoms with Gasteiger partial charge in [0.25, 0.3) is 0 Å². The molecule has 1 aliphatic rings. The molecule has 0 spiro atoms. The summed E-state index contributed by atoms with van der Waals surface area (Å²) in [5.74, 6) is 0. The standard InChI is InChI=1S/C10H9IN2/c11-10-7(5-12)2-1-6-3-4-8(13)9(6)10/h1-2,8H,3-4,13H2. The first-order chi connectivity index (χ1) is 6.24. The topological polar surface area (TPSA) is 49.8 Å². The van der Waals surface area contributed by atoms with E-state index < -0.39 is 0 Å². The maximum atomic E-state index is 8.84. The van der Waals surface area contributed by atoms with Gasteiger partial charge < -0.3 is 5.73 Å². The Kier molecular flexibility index (Phi) is 2.26. The third-order valence-electron chi connectivity index (χ3n) is 2.49. The van der Waals surface area contributed by atoms with Gasteiger partial charge in [-0.15, -0.1) is 0 Å². The molecule has 1 aliphatic carbocycles. The Labute approximate surface area is 90.9 Å². The van der Waals surface area contributed by atoms with Gasteiger partial charge in [0.05, 0.1) is 5.56 Å². The number of rotatable bonds is 0. The van der Waals surface area contributed by atoms with Gasteiger partial charge in [-0.2, -0.15) is 5.26 Å². The van der Waals surface area contributed by atoms with E-state index in [1.54, 1.807) is 0 Å². The molecule has 0 aliphatic heterocycles. The summed E-state index contributed by atoms with van der Waals surface area (Å²) in [6.45, 7) is 0. The normalized spacial score (nSPS) is 19.6. The van der Waals surface area contributed by atoms with Crippen LogP contribution in [-0.2, 0) is 6.42 Å². The number of halogens is 1. The molecule has 1 atom stereocenters. The molecule has 1 aromatic carbocycles. The fourth-order valence-corrected chi connectivity index (χ4v) is 2.84. The van der Waals surface area contributed by atoms with Crippen molar-refractivity contribution in [3.63, 3.8) is 0 Å². The Morgan fingerprint density at radius 3 is 3.00 bits per heavy atom. The first kappa shape index (κ1) is 8.97. The smallest absolute Gasteiger partial charge is 0.100 e. The minimum absolute atomic E-state index is 0.134. The van der Waals surface area contributed by atoms with E-state index in [1.807, 2.05) is 12.1 Å². The second-order valence-corrected chi connectivity index (χ2v) is 4.34. The van der Waals surface area contributed by atoms with Gasteiger partial charge in [0.2, 0.25) is 0 Å². The van der Waals surface area contributed by atoms with Crippen molar-refractivity contribution in [1.29, 1.82) is 5.26 Å². The van der Waals surface area contributed by atoms with Gasteiger partial charge in [0.1, 0.15) is 6.07 Å². The summed E-state index contributed by atoms with van der Waals surface area (Å²) in [5.41, 5.74) is 9.21. The first-order valence-corrected chi connectivity index (χ1v) is 5.29. The fourth-order valence-electron chi connectivity index (χ4n) is 1.79. The van der Waals surface area contributed by atoms with Crippen LogP contribution in [-0.4, -0.2) is 0 Å². The zero-order chi connectivity index (χ0) is 9.42. The lowest BCUT2D eigenvalue weighted by atomic mass is 10.1. The lowest BCUT2D eigenvalue weighted by Gasteiger charge is -2.08. The third-order valence-corrected chi connectivity index (χ3v) is 3.65. The van der Waals surface area contributed by atoms with Gasteiger partial charge in [-0.3, -0.25) is 0 Å². The number of benzene rings is 1. The van der Waals surface area contributed by atoms with Crippen LogP contribution in [0.15, 0.2) is 12.1 Å². The predicted molar refractivity (Wildman–Crippen MR) is 59.1 cm³/mol. The summed E-state index contributed by atoms with van der Waals surface area (Å²) < 4.78 is 1.04. The number of nitriles is 1. The summed E-state index contributed by atoms with van der Waals surface area (Å²) >= 11 is 2.22. The van der Waals surface area contributed by atoms with E-state index >= 15 is 0 Å². The molecule has 3 heteroatoms. The molecule has 1 aromatic rings. The summed E-state index contributed by atoms with van der Waals surface area (Å²) in [7, 11) is 0. The van der Waals surface area contributed by atoms with Gasteiger partial charge >= 0.3 is 0 Å². The summed E-state index contributed by atoms with van der Waals surface area (Å²) in [6, 6.07) is 6.24. The zero-order valence-corrected chi connectivity index (χ0v) is 9.21. The summed E-state index contributed by atoms with van der Waals surface area (Å²) in [5, 5.41) is 8.84. The molecule has 2 N–H and O–H groups in total. The molecule has 13 heavy (non-hydrogen) atoms. The maximum Gasteiger partial charge on any atom is 0.100 e. The van der Waals surface area contributed by atoms with E-state index in [4.69, 9.17) is 11.0 Å². The van der Waals surface area contributed by atoms with E-state index in [2.05, 4.69) is 28.7 Å². The molecule has 2 rings (SSSR count). The molecule has 66 valence electrons. The molecule has 0 aromatic heterocycles. The number of fused-ring (bicyclic) bond motifs is 1. The van der Waals surface area contributed by atoms with Gasteiger partial charge in [-0.1, -0.05) is 6.07 Å². The maximum absolute atomic E-state index is 8.84. The van der Waals surface area contributed by atoms with Gasteiger partial charge in [-0.25, -0.2) is 0 Å². The SMILES string of the molecule is N#Cc1ccc2c(c1I)C(N)CC2. The minimum atomic E-state index is 0.134. The lowest BCUT2D eigenvalue weighted by molar-refractivity contribution is 0.711. The van der Waals surface area contributed by atoms with Gasteiger partial charge in [0, 0.05) is 9.61 Å². The van der Waals surface area contributed by atoms with Crippen LogP contribution in [0.4, 0.5) is 0 Å². The van der Waals surface area contributed by atoms with Crippen LogP contribution in [0, 0.1) is 14.9 Å². The van der Waals surface area contributed by atoms with Crippen molar-refractivity contribution >= 4 is 22.6 Å². The first-order valence-electron chi connectivity index (χ1n) is 4.21. The molecular formula is C10H9IN2. The van der Waals surface area contributed by atoms with Crippen molar-refractivity contribution in [2.75, 3.05) is 0 Å². The van der Waals surface area contributed by atoms with Crippen molar-refractivity contribution < 1.29 is 0 Å². The number of nitrogens with zero attached hydrogens (tertiary/aromatic N) is 1. The molecule has 0 radical (unpaired) electrons. The van der Waals surface area contributed by atoms with Crippen molar-refractivity contribution in [2.24, 2.45) is 5.73 Å². The second-order valence-electron chi connectivity index (χ2n) is 3.26. The molecule has 0 amide bonds. The summed E-state index contributed by atoms with van der Waals surface area (Å²) in [4.78, 5) is 0. The molecular weight excluding hydrogens is 275 g/mol. The highest BCUT2D eigenvalue weighted by Crippen LogP contribution is 2.34. The lowest BCUT2D eigenvalue weighted by Crippen LogP contribution is -2.07. The van der Waals surface area contributed by atoms with Gasteiger partial charge in [0.15, 0.2) is 0 Å². The molecule has 0 saturated carbocycles. The number of aryl methyl sites for hydroxylation is 1. The van der Waals surface area contributed by atoms with Crippen LogP contribution in [0.2, 0.25) is 0 Å². The Morgan fingerprint density at radius 1 is 1.54 bits per heavy atom. The Balaban J connectivity index is 2.65. The van der Waals surface area contributed by atoms with Crippen LogP contribution in [0.3, 0.4) is 0 Å². The molecule has 0 heterocycles. The Morgan fingerprint density at radius 2 is 2.31 bits per heavy atom. The number of nitrogens with two attached hydrogens (primary N) is 1. The predicted octanol–water partition coefficient (Wildman–Crippen LogP) is 2.11. The molecule has 0 saturated heterocycles. The van der Waals surface area contributed by atoms with Gasteiger partial charge in [-0.05, 0) is 52.6 Å². The van der Waals surface area contributed by atoms with Crippen molar-refractivity contribution in [3.8, 4) is 6.07 Å². The van der Waals surface area contributed by atoms with E-state index in [-0.39, 0.29) is 6.04 Å². The highest BCUT2D eigenvalue weighted by Gasteiger charge is 2.22. The number of hydrogen-bond acceptors (Lipinski definition) is 2. The van der Waals surface area contributed by atoms with Crippen LogP contribution < -0.4 is 5.73 Å². The van der Waals surface area contributed by atoms with Crippen LogP contribution in [0.5, 0.6) is 0 Å². The number of hydrogen-bond donors (Lipinski definition) is 1. The van der Waals surface area contributed by atoms with E-state index in [0.29, 0.717) is 0 Å². The minimum Gasteiger partial charge on any atom is -0.324 e. The van der Waals surface area contributed by atoms with Crippen molar-refractivity contribution in [2.45, 2.75) is 18.9 Å². The van der Waals surface area contributed by atoms with Crippen LogP contribution >= 0.6 is 22.6 Å². The molecule has 1 unspecified atom stereocenters. The molecule has 2 nitrogen and oxygen atoms in total. The van der Waals surface area contributed by atoms with Crippen LogP contribution in [0.25, 0.3) is 0 Å². The fraction of sp³-hybridized carbons (Fsp3) is 0.300. The Hall–Kier alpha value is -0.600. The van der Waals surface area contributed by atoms with Crippen molar-refractivity contribution in [3.05, 3.63) is 32.4 Å². The van der Waals surface area contributed by atoms with E-state index in [1.165, 1.54) is 11.1 Å². The zero-order valence-electron chi connectivity index (χ0n) is 7.05. The highest BCUT2D eigenvalue weighted by atomic mass is 127. The second kappa shape index (κ2) is 3.28. The molecule has 0 fully saturated rings. The average Bonchev–Trinajstić information content (AvgIpc) is 2.49. The average molecular weight is 284 g/mol. The highest BCUT2D eigenvalue weighted by molar-refractivity contribution is 14.1. The monoisotopic (exact) mass is 284 g/mol. The summed E-state index contributed by atoms with van der Waals surface area (Å²) in [6.07, 6.45) is 2.07. The quantitative estimate of drug-likeness (QED) is 0.742. The van der Waals surface area contributed by atoms with E-state index in [0.717, 1.165) is 22.0 Å².